The first kappa shape index (κ1) is 6.64. The van der Waals surface area contributed by atoms with Crippen molar-refractivity contribution in [3.05, 3.63) is 0 Å². The number of hydrogen-bond acceptors (Lipinski definition) is 2. The number of rotatable bonds is 0. The highest BCUT2D eigenvalue weighted by atomic mass is 16.4. The van der Waals surface area contributed by atoms with Crippen molar-refractivity contribution in [2.45, 2.75) is 25.3 Å². The Morgan fingerprint density at radius 2 is 2.27 bits per heavy atom. The van der Waals surface area contributed by atoms with Crippen molar-refractivity contribution in [3.8, 4) is 0 Å². The van der Waals surface area contributed by atoms with Crippen LogP contribution in [0.25, 0.3) is 0 Å². The van der Waals surface area contributed by atoms with Gasteiger partial charge in [0, 0.05) is 12.0 Å². The van der Waals surface area contributed by atoms with Crippen LogP contribution in [0.3, 0.4) is 0 Å². The molecule has 0 aromatic heterocycles. The second kappa shape index (κ2) is 1.96. The van der Waals surface area contributed by atoms with Crippen molar-refractivity contribution in [1.82, 2.24) is 4.90 Å². The summed E-state index contributed by atoms with van der Waals surface area (Å²) in [5.74, 6) is -0.176. The fourth-order valence-electron chi connectivity index (χ4n) is 2.04. The normalized spacial score (nSPS) is 34.9. The van der Waals surface area contributed by atoms with Gasteiger partial charge in [-0.1, -0.05) is 0 Å². The fourth-order valence-corrected chi connectivity index (χ4v) is 2.04. The summed E-state index contributed by atoms with van der Waals surface area (Å²) in [6.45, 7) is 0. The summed E-state index contributed by atoms with van der Waals surface area (Å²) in [4.78, 5) is 22.7. The molecule has 0 spiro atoms. The Balaban J connectivity index is 2.24. The van der Waals surface area contributed by atoms with Gasteiger partial charge in [-0.2, -0.15) is 0 Å². The average Bonchev–Trinajstić information content (AvgIpc) is 2.44. The Bertz CT molecular complexity index is 226. The van der Waals surface area contributed by atoms with Crippen LogP contribution in [-0.2, 0) is 4.79 Å². The minimum Gasteiger partial charge on any atom is -0.465 e. The molecule has 2 amide bonds. The highest BCUT2D eigenvalue weighted by Crippen LogP contribution is 2.38. The Morgan fingerprint density at radius 3 is 2.64 bits per heavy atom. The molecule has 1 aliphatic carbocycles. The molecule has 1 saturated heterocycles. The van der Waals surface area contributed by atoms with E-state index in [1.807, 2.05) is 0 Å². The van der Waals surface area contributed by atoms with Gasteiger partial charge in [-0.05, 0) is 19.3 Å². The highest BCUT2D eigenvalue weighted by Gasteiger charge is 2.47. The molecular weight excluding hydrogens is 146 g/mol. The summed E-state index contributed by atoms with van der Waals surface area (Å²) in [5, 5.41) is 8.61. The number of amides is 2. The van der Waals surface area contributed by atoms with Gasteiger partial charge in [0.15, 0.2) is 0 Å². The fraction of sp³-hybridized carbons (Fsp3) is 0.714. The number of carbonyl (C=O) groups excluding carboxylic acids is 1. The summed E-state index contributed by atoms with van der Waals surface area (Å²) < 4.78 is 0. The van der Waals surface area contributed by atoms with Gasteiger partial charge in [0.2, 0.25) is 5.91 Å². The monoisotopic (exact) mass is 155 g/mol. The summed E-state index contributed by atoms with van der Waals surface area (Å²) in [5.41, 5.74) is 0. The minimum atomic E-state index is -1.08. The number of fused-ring (bicyclic) bond motifs is 2. The number of piperidine rings is 1. The Morgan fingerprint density at radius 1 is 1.55 bits per heavy atom. The van der Waals surface area contributed by atoms with E-state index in [2.05, 4.69) is 0 Å². The molecule has 2 unspecified atom stereocenters. The Labute approximate surface area is 63.8 Å². The first-order valence-corrected chi connectivity index (χ1v) is 3.76. The lowest BCUT2D eigenvalue weighted by Crippen LogP contribution is -2.40. The number of likely N-dealkylation sites (tertiary alicyclic amines) is 1. The van der Waals surface area contributed by atoms with E-state index in [-0.39, 0.29) is 17.9 Å². The number of hydrogen-bond donors (Lipinski definition) is 1. The molecular formula is C7H9NO3. The third-order valence-corrected chi connectivity index (χ3v) is 2.56. The van der Waals surface area contributed by atoms with E-state index in [4.69, 9.17) is 5.11 Å². The first-order chi connectivity index (χ1) is 5.20. The van der Waals surface area contributed by atoms with E-state index < -0.39 is 6.09 Å². The molecule has 1 saturated carbocycles. The van der Waals surface area contributed by atoms with E-state index in [0.717, 1.165) is 24.2 Å². The zero-order valence-corrected chi connectivity index (χ0v) is 5.99. The minimum absolute atomic E-state index is 0.00926. The topological polar surface area (TPSA) is 57.6 Å². The molecule has 2 fully saturated rings. The lowest BCUT2D eigenvalue weighted by molar-refractivity contribution is -0.131. The van der Waals surface area contributed by atoms with Crippen LogP contribution in [0.15, 0.2) is 0 Å². The Hall–Kier alpha value is -1.06. The van der Waals surface area contributed by atoms with Crippen molar-refractivity contribution < 1.29 is 14.7 Å². The second-order valence-electron chi connectivity index (χ2n) is 3.15. The predicted octanol–water partition coefficient (Wildman–Crippen LogP) is 0.675. The second-order valence-corrected chi connectivity index (χ2v) is 3.15. The number of imide groups is 1. The molecule has 1 heterocycles. The molecule has 2 rings (SSSR count). The van der Waals surface area contributed by atoms with Gasteiger partial charge in [-0.25, -0.2) is 9.69 Å². The SMILES string of the molecule is O=C(O)N1C(=O)C2CCC1C2. The zero-order chi connectivity index (χ0) is 8.01. The van der Waals surface area contributed by atoms with Crippen LogP contribution in [-0.4, -0.2) is 28.0 Å². The van der Waals surface area contributed by atoms with Crippen LogP contribution in [0.1, 0.15) is 19.3 Å². The smallest absolute Gasteiger partial charge is 0.414 e. The average molecular weight is 155 g/mol. The molecule has 2 atom stereocenters. The molecule has 2 bridgehead atoms. The van der Waals surface area contributed by atoms with Crippen molar-refractivity contribution in [2.24, 2.45) is 5.92 Å². The van der Waals surface area contributed by atoms with Crippen LogP contribution in [0.4, 0.5) is 4.79 Å². The van der Waals surface area contributed by atoms with Crippen LogP contribution in [0.2, 0.25) is 0 Å². The van der Waals surface area contributed by atoms with Crippen molar-refractivity contribution in [1.29, 1.82) is 0 Å². The maximum atomic E-state index is 11.2. The molecule has 0 aromatic rings. The third kappa shape index (κ3) is 0.751. The molecule has 4 nitrogen and oxygen atoms in total. The van der Waals surface area contributed by atoms with Crippen LogP contribution < -0.4 is 0 Å². The third-order valence-electron chi connectivity index (χ3n) is 2.56. The maximum absolute atomic E-state index is 11.2. The molecule has 1 aliphatic heterocycles. The number of nitrogens with zero attached hydrogens (tertiary/aromatic N) is 1. The summed E-state index contributed by atoms with van der Waals surface area (Å²) in [6.07, 6.45) is 1.42. The maximum Gasteiger partial charge on any atom is 0.414 e. The molecule has 4 heteroatoms. The van der Waals surface area contributed by atoms with Crippen molar-refractivity contribution >= 4 is 12.0 Å². The first-order valence-electron chi connectivity index (χ1n) is 3.76. The Kier molecular flexibility index (Phi) is 1.19. The van der Waals surface area contributed by atoms with Gasteiger partial charge in [-0.3, -0.25) is 4.79 Å². The van der Waals surface area contributed by atoms with E-state index in [1.54, 1.807) is 0 Å². The largest absolute Gasteiger partial charge is 0.465 e. The lowest BCUT2D eigenvalue weighted by Gasteiger charge is -2.21. The van der Waals surface area contributed by atoms with Crippen LogP contribution >= 0.6 is 0 Å². The standard InChI is InChI=1S/C7H9NO3/c9-6-4-1-2-5(3-4)8(6)7(10)11/h4-5H,1-3H2,(H,10,11). The molecule has 60 valence electrons. The molecule has 0 aromatic carbocycles. The highest BCUT2D eigenvalue weighted by molar-refractivity contribution is 5.95. The van der Waals surface area contributed by atoms with Gasteiger partial charge in [0.25, 0.3) is 0 Å². The summed E-state index contributed by atoms with van der Waals surface area (Å²) >= 11 is 0. The quantitative estimate of drug-likeness (QED) is 0.559. The molecule has 2 aliphatic rings. The predicted molar refractivity (Wildman–Crippen MR) is 36.0 cm³/mol. The van der Waals surface area contributed by atoms with Gasteiger partial charge in [0.1, 0.15) is 0 Å². The van der Waals surface area contributed by atoms with Gasteiger partial charge in [-0.15, -0.1) is 0 Å². The van der Waals surface area contributed by atoms with Crippen molar-refractivity contribution in [2.75, 3.05) is 0 Å². The number of carboxylic acid groups (broad SMARTS) is 1. The molecule has 11 heavy (non-hydrogen) atoms. The summed E-state index contributed by atoms with van der Waals surface area (Å²) in [6, 6.07) is -0.00926. The van der Waals surface area contributed by atoms with Gasteiger partial charge < -0.3 is 5.11 Å². The van der Waals surface area contributed by atoms with Crippen LogP contribution in [0, 0.1) is 5.92 Å². The number of carbonyl (C=O) groups is 2. The van der Waals surface area contributed by atoms with E-state index in [0.29, 0.717) is 0 Å². The van der Waals surface area contributed by atoms with Gasteiger partial charge >= 0.3 is 6.09 Å². The zero-order valence-electron chi connectivity index (χ0n) is 5.99. The lowest BCUT2D eigenvalue weighted by atomic mass is 10.1. The van der Waals surface area contributed by atoms with E-state index in [1.165, 1.54) is 0 Å². The van der Waals surface area contributed by atoms with Gasteiger partial charge in [0.05, 0.1) is 0 Å². The van der Waals surface area contributed by atoms with Crippen molar-refractivity contribution in [3.63, 3.8) is 0 Å². The molecule has 0 radical (unpaired) electrons. The molecule has 1 N–H and O–H groups in total. The summed E-state index contributed by atoms with van der Waals surface area (Å²) in [7, 11) is 0. The van der Waals surface area contributed by atoms with Crippen LogP contribution in [0.5, 0.6) is 0 Å². The van der Waals surface area contributed by atoms with E-state index >= 15 is 0 Å². The van der Waals surface area contributed by atoms with E-state index in [9.17, 15) is 9.59 Å².